The number of fused-ring (bicyclic) bond motifs is 5. The molecule has 4 aromatic rings. The van der Waals surface area contributed by atoms with Gasteiger partial charge in [-0.3, -0.25) is 0 Å². The number of aliphatic hydroxyl groups excluding tert-OH is 3. The lowest BCUT2D eigenvalue weighted by Crippen LogP contribution is -2.58. The van der Waals surface area contributed by atoms with Crippen molar-refractivity contribution in [1.29, 1.82) is 0 Å². The Hall–Kier alpha value is -3.31. The van der Waals surface area contributed by atoms with Crippen molar-refractivity contribution in [2.45, 2.75) is 37.6 Å². The lowest BCUT2D eigenvalue weighted by molar-refractivity contribution is -0.268. The van der Waals surface area contributed by atoms with Crippen LogP contribution in [0.4, 0.5) is 0 Å². The number of phenolic OH excluding ortho intramolecular Hbond substituents is 2. The van der Waals surface area contributed by atoms with E-state index in [1.165, 1.54) is 31.2 Å². The smallest absolute Gasteiger partial charge is 0.348 e. The normalized spacial score (nSPS) is 26.6. The van der Waals surface area contributed by atoms with Crippen LogP contribution in [0, 0.1) is 0 Å². The number of hydrogen-bond acceptors (Lipinski definition) is 10. The van der Waals surface area contributed by atoms with Gasteiger partial charge >= 0.3 is 5.63 Å². The zero-order valence-electron chi connectivity index (χ0n) is 16.1. The van der Waals surface area contributed by atoms with Crippen LogP contribution in [0.5, 0.6) is 17.2 Å². The molecule has 5 N–H and O–H groups in total. The number of rotatable bonds is 2. The number of furan rings is 1. The fraction of sp³-hybridized carbons (Fsp3) is 0.286. The van der Waals surface area contributed by atoms with E-state index < -0.39 is 47.8 Å². The molecule has 0 saturated carbocycles. The van der Waals surface area contributed by atoms with Gasteiger partial charge in [0.15, 0.2) is 16.9 Å². The molecule has 5 unspecified atom stereocenters. The zero-order chi connectivity index (χ0) is 22.0. The van der Waals surface area contributed by atoms with Crippen LogP contribution in [0.2, 0.25) is 0 Å². The van der Waals surface area contributed by atoms with Gasteiger partial charge in [-0.1, -0.05) is 0 Å². The molecule has 10 heteroatoms. The quantitative estimate of drug-likeness (QED) is 0.231. The van der Waals surface area contributed by atoms with Crippen LogP contribution in [-0.2, 0) is 4.74 Å². The first-order valence-corrected chi connectivity index (χ1v) is 9.46. The molecule has 1 aliphatic heterocycles. The van der Waals surface area contributed by atoms with Gasteiger partial charge in [0.2, 0.25) is 12.0 Å². The van der Waals surface area contributed by atoms with Gasteiger partial charge in [0, 0.05) is 11.5 Å². The van der Waals surface area contributed by atoms with E-state index in [1.807, 2.05) is 0 Å². The molecule has 0 spiro atoms. The first-order valence-electron chi connectivity index (χ1n) is 9.46. The highest BCUT2D eigenvalue weighted by Crippen LogP contribution is 2.39. The molecule has 0 bridgehead atoms. The van der Waals surface area contributed by atoms with Crippen LogP contribution in [0.25, 0.3) is 32.9 Å². The summed E-state index contributed by atoms with van der Waals surface area (Å²) in [5.74, 6) is -0.783. The van der Waals surface area contributed by atoms with Crippen LogP contribution in [0.1, 0.15) is 6.92 Å². The Morgan fingerprint density at radius 3 is 2.42 bits per heavy atom. The number of benzene rings is 2. The molecule has 0 radical (unpaired) electrons. The highest BCUT2D eigenvalue weighted by Gasteiger charge is 2.43. The molecule has 3 heterocycles. The van der Waals surface area contributed by atoms with Gasteiger partial charge in [0.1, 0.15) is 35.0 Å². The van der Waals surface area contributed by atoms with Gasteiger partial charge in [-0.25, -0.2) is 4.79 Å². The SMILES string of the molecule is CC1OC(Oc2ccc3c(c2)oc2c4ccc(O)c(O)c4oc(=O)c32)C(O)C(O)C1O. The van der Waals surface area contributed by atoms with Crippen molar-refractivity contribution < 1.29 is 43.8 Å². The monoisotopic (exact) mass is 430 g/mol. The van der Waals surface area contributed by atoms with E-state index in [4.69, 9.17) is 18.3 Å². The Bertz CT molecular complexity index is 1370. The molecule has 31 heavy (non-hydrogen) atoms. The Balaban J connectivity index is 1.60. The van der Waals surface area contributed by atoms with Crippen molar-refractivity contribution in [2.75, 3.05) is 0 Å². The van der Waals surface area contributed by atoms with Gasteiger partial charge in [-0.05, 0) is 31.2 Å². The predicted molar refractivity (Wildman–Crippen MR) is 106 cm³/mol. The second-order valence-corrected chi connectivity index (χ2v) is 7.46. The number of phenols is 2. The molecule has 0 amide bonds. The van der Waals surface area contributed by atoms with E-state index in [1.54, 1.807) is 6.07 Å². The summed E-state index contributed by atoms with van der Waals surface area (Å²) in [7, 11) is 0. The average molecular weight is 430 g/mol. The first kappa shape index (κ1) is 19.6. The van der Waals surface area contributed by atoms with E-state index in [0.29, 0.717) is 10.8 Å². The van der Waals surface area contributed by atoms with Gasteiger partial charge < -0.3 is 43.8 Å². The molecule has 2 aromatic carbocycles. The van der Waals surface area contributed by atoms with Crippen LogP contribution in [-0.4, -0.2) is 56.2 Å². The van der Waals surface area contributed by atoms with Crippen molar-refractivity contribution in [3.05, 3.63) is 40.8 Å². The minimum atomic E-state index is -1.48. The molecular formula is C21H18O10. The topological polar surface area (TPSA) is 163 Å². The van der Waals surface area contributed by atoms with E-state index >= 15 is 0 Å². The molecule has 5 rings (SSSR count). The van der Waals surface area contributed by atoms with Crippen LogP contribution in [0.15, 0.2) is 44.0 Å². The molecule has 1 fully saturated rings. The molecular weight excluding hydrogens is 412 g/mol. The zero-order valence-corrected chi connectivity index (χ0v) is 16.1. The Morgan fingerprint density at radius 2 is 1.65 bits per heavy atom. The maximum absolute atomic E-state index is 12.5. The molecule has 1 saturated heterocycles. The third-order valence-electron chi connectivity index (χ3n) is 5.48. The maximum atomic E-state index is 12.5. The summed E-state index contributed by atoms with van der Waals surface area (Å²) >= 11 is 0. The summed E-state index contributed by atoms with van der Waals surface area (Å²) in [5.41, 5.74) is -0.533. The summed E-state index contributed by atoms with van der Waals surface area (Å²) in [6.07, 6.45) is -6.18. The summed E-state index contributed by atoms with van der Waals surface area (Å²) in [6, 6.07) is 7.26. The number of aromatic hydroxyl groups is 2. The van der Waals surface area contributed by atoms with Crippen molar-refractivity contribution in [3.8, 4) is 17.2 Å². The summed E-state index contributed by atoms with van der Waals surface area (Å²) in [4.78, 5) is 12.5. The summed E-state index contributed by atoms with van der Waals surface area (Å²) in [6.45, 7) is 1.54. The number of aliphatic hydroxyl groups is 3. The second kappa shape index (κ2) is 6.86. The van der Waals surface area contributed by atoms with Gasteiger partial charge in [0.05, 0.1) is 11.5 Å². The largest absolute Gasteiger partial charge is 0.504 e. The van der Waals surface area contributed by atoms with E-state index in [9.17, 15) is 30.3 Å². The van der Waals surface area contributed by atoms with E-state index in [-0.39, 0.29) is 27.9 Å². The van der Waals surface area contributed by atoms with Crippen LogP contribution in [0.3, 0.4) is 0 Å². The highest BCUT2D eigenvalue weighted by atomic mass is 16.7. The highest BCUT2D eigenvalue weighted by molar-refractivity contribution is 6.14. The number of hydrogen-bond donors (Lipinski definition) is 5. The van der Waals surface area contributed by atoms with Crippen molar-refractivity contribution >= 4 is 32.9 Å². The Labute approximate surface area is 173 Å². The predicted octanol–water partition coefficient (Wildman–Crippen LogP) is 1.31. The minimum Gasteiger partial charge on any atom is -0.504 e. The Kier molecular flexibility index (Phi) is 4.34. The summed E-state index contributed by atoms with van der Waals surface area (Å²) in [5, 5.41) is 50.4. The summed E-state index contributed by atoms with van der Waals surface area (Å²) < 4.78 is 22.1. The standard InChI is InChI=1S/C21H18O10/c1-7-14(23)16(25)17(26)21(28-7)29-8-2-3-9-12(6-8)30-18-10-4-5-11(22)15(24)19(10)31-20(27)13(9)18/h2-7,14,16-17,21-26H,1H3. The second-order valence-electron chi connectivity index (χ2n) is 7.46. The maximum Gasteiger partial charge on any atom is 0.348 e. The molecule has 1 aliphatic rings. The van der Waals surface area contributed by atoms with E-state index in [0.717, 1.165) is 0 Å². The fourth-order valence-corrected chi connectivity index (χ4v) is 3.77. The molecule has 5 atom stereocenters. The van der Waals surface area contributed by atoms with Crippen LogP contribution < -0.4 is 10.4 Å². The van der Waals surface area contributed by atoms with Crippen molar-refractivity contribution in [3.63, 3.8) is 0 Å². The average Bonchev–Trinajstić information content (AvgIpc) is 3.13. The lowest BCUT2D eigenvalue weighted by atomic mass is 10.00. The van der Waals surface area contributed by atoms with E-state index in [2.05, 4.69) is 0 Å². The Morgan fingerprint density at radius 1 is 0.903 bits per heavy atom. The molecule has 2 aromatic heterocycles. The fourth-order valence-electron chi connectivity index (χ4n) is 3.77. The molecule has 0 aliphatic carbocycles. The van der Waals surface area contributed by atoms with Crippen molar-refractivity contribution in [2.24, 2.45) is 0 Å². The van der Waals surface area contributed by atoms with Gasteiger partial charge in [-0.15, -0.1) is 0 Å². The minimum absolute atomic E-state index is 0.153. The third-order valence-corrected chi connectivity index (χ3v) is 5.48. The molecule has 162 valence electrons. The lowest BCUT2D eigenvalue weighted by Gasteiger charge is -2.38. The molecule has 10 nitrogen and oxygen atoms in total. The van der Waals surface area contributed by atoms with Crippen molar-refractivity contribution in [1.82, 2.24) is 0 Å². The third kappa shape index (κ3) is 2.92. The van der Waals surface area contributed by atoms with Crippen LogP contribution >= 0.6 is 0 Å². The first-order chi connectivity index (χ1) is 14.8. The van der Waals surface area contributed by atoms with Gasteiger partial charge in [0.25, 0.3) is 0 Å². The van der Waals surface area contributed by atoms with Gasteiger partial charge in [-0.2, -0.15) is 0 Å². The number of ether oxygens (including phenoxy) is 2.